The lowest BCUT2D eigenvalue weighted by atomic mass is 9.91. The number of para-hydroxylation sites is 2. The monoisotopic (exact) mass is 339 g/mol. The molecule has 1 aliphatic rings. The van der Waals surface area contributed by atoms with Crippen LogP contribution < -0.4 is 5.32 Å². The van der Waals surface area contributed by atoms with Crippen molar-refractivity contribution in [2.75, 3.05) is 5.32 Å². The molecule has 0 radical (unpaired) electrons. The van der Waals surface area contributed by atoms with Gasteiger partial charge < -0.3 is 9.88 Å². The van der Waals surface area contributed by atoms with E-state index in [2.05, 4.69) is 95.7 Å². The van der Waals surface area contributed by atoms with E-state index >= 15 is 0 Å². The van der Waals surface area contributed by atoms with Gasteiger partial charge in [-0.15, -0.1) is 0 Å². The van der Waals surface area contributed by atoms with Gasteiger partial charge in [0, 0.05) is 0 Å². The van der Waals surface area contributed by atoms with E-state index in [-0.39, 0.29) is 12.1 Å². The van der Waals surface area contributed by atoms with Crippen LogP contribution in [0.2, 0.25) is 0 Å². The Morgan fingerprint density at radius 2 is 1.62 bits per heavy atom. The van der Waals surface area contributed by atoms with Crippen molar-refractivity contribution in [1.82, 2.24) is 9.55 Å². The average Bonchev–Trinajstić information content (AvgIpc) is 3.07. The third kappa shape index (κ3) is 2.39. The number of hydrogen-bond acceptors (Lipinski definition) is 2. The van der Waals surface area contributed by atoms with Crippen molar-refractivity contribution in [3.05, 3.63) is 95.6 Å². The number of anilines is 1. The number of fused-ring (bicyclic) bond motifs is 3. The molecule has 0 saturated heterocycles. The highest BCUT2D eigenvalue weighted by Crippen LogP contribution is 2.41. The van der Waals surface area contributed by atoms with E-state index < -0.39 is 0 Å². The highest BCUT2D eigenvalue weighted by Gasteiger charge is 2.31. The summed E-state index contributed by atoms with van der Waals surface area (Å²) < 4.78 is 2.37. The number of nitrogens with one attached hydrogen (secondary N) is 1. The zero-order valence-corrected chi connectivity index (χ0v) is 14.8. The first kappa shape index (κ1) is 15.2. The second-order valence-corrected chi connectivity index (χ2v) is 7.01. The SMILES string of the molecule is Cc1ccccc1[C@H]1C[C@@H](c2ccccc2)Nc2nc3ccccc3n21. The fraction of sp³-hybridized carbons (Fsp3) is 0.174. The molecule has 1 aromatic heterocycles. The summed E-state index contributed by atoms with van der Waals surface area (Å²) in [6.45, 7) is 2.20. The van der Waals surface area contributed by atoms with Crippen molar-refractivity contribution in [2.24, 2.45) is 0 Å². The summed E-state index contributed by atoms with van der Waals surface area (Å²) in [6, 6.07) is 28.3. The number of hydrogen-bond donors (Lipinski definition) is 1. The number of aromatic nitrogens is 2. The van der Waals surface area contributed by atoms with E-state index in [1.54, 1.807) is 0 Å². The van der Waals surface area contributed by atoms with Crippen molar-refractivity contribution in [1.29, 1.82) is 0 Å². The topological polar surface area (TPSA) is 29.9 Å². The Bertz CT molecular complexity index is 1070. The summed E-state index contributed by atoms with van der Waals surface area (Å²) in [5, 5.41) is 3.67. The molecule has 0 unspecified atom stereocenters. The minimum absolute atomic E-state index is 0.255. The lowest BCUT2D eigenvalue weighted by molar-refractivity contribution is 0.476. The Balaban J connectivity index is 1.71. The summed E-state index contributed by atoms with van der Waals surface area (Å²) in [5.74, 6) is 0.958. The Kier molecular flexibility index (Phi) is 3.52. The normalized spacial score (nSPS) is 19.1. The first-order valence-electron chi connectivity index (χ1n) is 9.15. The van der Waals surface area contributed by atoms with E-state index in [9.17, 15) is 0 Å². The molecule has 0 fully saturated rings. The van der Waals surface area contributed by atoms with Crippen LogP contribution in [0.4, 0.5) is 5.95 Å². The molecule has 5 rings (SSSR count). The molecule has 0 saturated carbocycles. The van der Waals surface area contributed by atoms with Gasteiger partial charge in [0.15, 0.2) is 0 Å². The fourth-order valence-electron chi connectivity index (χ4n) is 4.14. The number of aryl methyl sites for hydroxylation is 1. The first-order valence-corrected chi connectivity index (χ1v) is 9.15. The van der Waals surface area contributed by atoms with Crippen LogP contribution in [0, 0.1) is 6.92 Å². The minimum atomic E-state index is 0.255. The van der Waals surface area contributed by atoms with Gasteiger partial charge in [0.05, 0.1) is 23.1 Å². The second-order valence-electron chi connectivity index (χ2n) is 7.01. The van der Waals surface area contributed by atoms with Crippen molar-refractivity contribution < 1.29 is 0 Å². The first-order chi connectivity index (χ1) is 12.8. The van der Waals surface area contributed by atoms with Gasteiger partial charge in [0.25, 0.3) is 0 Å². The third-order valence-corrected chi connectivity index (χ3v) is 5.42. The van der Waals surface area contributed by atoms with Gasteiger partial charge >= 0.3 is 0 Å². The predicted octanol–water partition coefficient (Wildman–Crippen LogP) is 5.49. The van der Waals surface area contributed by atoms with Crippen LogP contribution in [-0.4, -0.2) is 9.55 Å². The minimum Gasteiger partial charge on any atom is -0.349 e. The molecule has 0 amide bonds. The molecule has 1 N–H and O–H groups in total. The largest absolute Gasteiger partial charge is 0.349 e. The number of imidazole rings is 1. The van der Waals surface area contributed by atoms with Gasteiger partial charge in [-0.2, -0.15) is 0 Å². The van der Waals surface area contributed by atoms with Gasteiger partial charge in [-0.25, -0.2) is 4.98 Å². The summed E-state index contributed by atoms with van der Waals surface area (Å²) >= 11 is 0. The maximum atomic E-state index is 4.89. The molecule has 128 valence electrons. The standard InChI is InChI=1S/C23H21N3/c1-16-9-5-6-12-18(16)22-15-20(17-10-3-2-4-11-17)25-23-24-19-13-7-8-14-21(19)26(22)23/h2-14,20,22H,15H2,1H3,(H,24,25)/t20-,22+/m0/s1. The molecule has 2 atom stereocenters. The molecular formula is C23H21N3. The lowest BCUT2D eigenvalue weighted by Crippen LogP contribution is -2.27. The Morgan fingerprint density at radius 1 is 0.885 bits per heavy atom. The quantitative estimate of drug-likeness (QED) is 0.523. The van der Waals surface area contributed by atoms with Gasteiger partial charge in [-0.05, 0) is 42.2 Å². The molecule has 4 aromatic rings. The van der Waals surface area contributed by atoms with Crippen LogP contribution in [0.25, 0.3) is 11.0 Å². The van der Waals surface area contributed by atoms with Gasteiger partial charge in [0.2, 0.25) is 5.95 Å². The molecule has 2 heterocycles. The maximum absolute atomic E-state index is 4.89. The zero-order chi connectivity index (χ0) is 17.5. The van der Waals surface area contributed by atoms with Crippen LogP contribution in [0.1, 0.15) is 35.2 Å². The molecule has 26 heavy (non-hydrogen) atoms. The van der Waals surface area contributed by atoms with Crippen molar-refractivity contribution in [3.8, 4) is 0 Å². The molecule has 3 aromatic carbocycles. The summed E-state index contributed by atoms with van der Waals surface area (Å²) in [6.07, 6.45) is 1.00. The van der Waals surface area contributed by atoms with Gasteiger partial charge in [-0.1, -0.05) is 66.7 Å². The Hall–Kier alpha value is -3.07. The molecule has 0 bridgehead atoms. The smallest absolute Gasteiger partial charge is 0.204 e. The van der Waals surface area contributed by atoms with Crippen LogP contribution >= 0.6 is 0 Å². The third-order valence-electron chi connectivity index (χ3n) is 5.42. The lowest BCUT2D eigenvalue weighted by Gasteiger charge is -2.34. The Morgan fingerprint density at radius 3 is 2.46 bits per heavy atom. The van der Waals surface area contributed by atoms with Gasteiger partial charge in [-0.3, -0.25) is 0 Å². The highest BCUT2D eigenvalue weighted by molar-refractivity contribution is 5.79. The van der Waals surface area contributed by atoms with Crippen LogP contribution in [-0.2, 0) is 0 Å². The number of rotatable bonds is 2. The van der Waals surface area contributed by atoms with Gasteiger partial charge in [0.1, 0.15) is 0 Å². The molecule has 0 aliphatic carbocycles. The maximum Gasteiger partial charge on any atom is 0.204 e. The van der Waals surface area contributed by atoms with E-state index in [1.165, 1.54) is 22.2 Å². The molecule has 1 aliphatic heterocycles. The number of nitrogens with zero attached hydrogens (tertiary/aromatic N) is 2. The average molecular weight is 339 g/mol. The van der Waals surface area contributed by atoms with Crippen molar-refractivity contribution in [3.63, 3.8) is 0 Å². The summed E-state index contributed by atoms with van der Waals surface area (Å²) in [5.41, 5.74) is 6.25. The van der Waals surface area contributed by atoms with E-state index in [0.29, 0.717) is 0 Å². The van der Waals surface area contributed by atoms with E-state index in [4.69, 9.17) is 4.98 Å². The van der Waals surface area contributed by atoms with Crippen LogP contribution in [0.3, 0.4) is 0 Å². The predicted molar refractivity (Wildman–Crippen MR) is 106 cm³/mol. The fourth-order valence-corrected chi connectivity index (χ4v) is 4.14. The van der Waals surface area contributed by atoms with E-state index in [1.807, 2.05) is 0 Å². The zero-order valence-electron chi connectivity index (χ0n) is 14.8. The summed E-state index contributed by atoms with van der Waals surface area (Å²) in [7, 11) is 0. The Labute approximate surface area is 153 Å². The van der Waals surface area contributed by atoms with Crippen molar-refractivity contribution in [2.45, 2.75) is 25.4 Å². The molecule has 3 heteroatoms. The highest BCUT2D eigenvalue weighted by atomic mass is 15.3. The summed E-state index contributed by atoms with van der Waals surface area (Å²) in [4.78, 5) is 4.89. The molecular weight excluding hydrogens is 318 g/mol. The van der Waals surface area contributed by atoms with E-state index in [0.717, 1.165) is 17.9 Å². The second kappa shape index (κ2) is 6.03. The van der Waals surface area contributed by atoms with Crippen LogP contribution in [0.15, 0.2) is 78.9 Å². The van der Waals surface area contributed by atoms with Crippen LogP contribution in [0.5, 0.6) is 0 Å². The van der Waals surface area contributed by atoms with Crippen molar-refractivity contribution >= 4 is 17.0 Å². The number of benzene rings is 3. The molecule has 3 nitrogen and oxygen atoms in total. The molecule has 0 spiro atoms.